The number of piperidine rings is 1. The smallest absolute Gasteiger partial charge is 0.245 e. The van der Waals surface area contributed by atoms with Gasteiger partial charge in [0.25, 0.3) is 0 Å². The molecular formula is C18H22N4O. The van der Waals surface area contributed by atoms with Gasteiger partial charge in [-0.2, -0.15) is 5.26 Å². The SMILES string of the molecule is C=CC(=O)N1CCC(c2ccc(/N=C/N(C)C)c(C#N)c2)CC1. The topological polar surface area (TPSA) is 59.7 Å². The molecule has 0 radical (unpaired) electrons. The fourth-order valence-corrected chi connectivity index (χ4v) is 2.75. The second-order valence-electron chi connectivity index (χ2n) is 5.90. The van der Waals surface area contributed by atoms with E-state index in [0.29, 0.717) is 17.2 Å². The average Bonchev–Trinajstić information content (AvgIpc) is 2.59. The highest BCUT2D eigenvalue weighted by Gasteiger charge is 2.23. The molecule has 1 aromatic carbocycles. The lowest BCUT2D eigenvalue weighted by Crippen LogP contribution is -2.36. The van der Waals surface area contributed by atoms with Gasteiger partial charge in [-0.15, -0.1) is 0 Å². The first-order valence-electron chi connectivity index (χ1n) is 7.71. The first kappa shape index (κ1) is 16.8. The molecular weight excluding hydrogens is 288 g/mol. The minimum absolute atomic E-state index is 0.00506. The van der Waals surface area contributed by atoms with Gasteiger partial charge in [0.1, 0.15) is 6.07 Å². The molecule has 0 bridgehead atoms. The first-order chi connectivity index (χ1) is 11.0. The summed E-state index contributed by atoms with van der Waals surface area (Å²) in [4.78, 5) is 19.6. The van der Waals surface area contributed by atoms with Crippen molar-refractivity contribution in [1.29, 1.82) is 5.26 Å². The van der Waals surface area contributed by atoms with Gasteiger partial charge < -0.3 is 9.80 Å². The number of rotatable bonds is 4. The summed E-state index contributed by atoms with van der Waals surface area (Å²) in [5, 5.41) is 9.35. The highest BCUT2D eigenvalue weighted by atomic mass is 16.2. The van der Waals surface area contributed by atoms with E-state index in [1.54, 1.807) is 6.34 Å². The molecule has 1 heterocycles. The maximum Gasteiger partial charge on any atom is 0.245 e. The lowest BCUT2D eigenvalue weighted by molar-refractivity contribution is -0.127. The van der Waals surface area contributed by atoms with Crippen molar-refractivity contribution in [2.45, 2.75) is 18.8 Å². The van der Waals surface area contributed by atoms with Gasteiger partial charge in [0.2, 0.25) is 5.91 Å². The van der Waals surface area contributed by atoms with Crippen LogP contribution in [0.1, 0.15) is 29.9 Å². The molecule has 5 heteroatoms. The summed E-state index contributed by atoms with van der Waals surface area (Å²) in [6.07, 6.45) is 4.87. The molecule has 1 amide bonds. The quantitative estimate of drug-likeness (QED) is 0.488. The second kappa shape index (κ2) is 7.59. The normalized spacial score (nSPS) is 15.4. The van der Waals surface area contributed by atoms with Crippen molar-refractivity contribution in [3.8, 4) is 6.07 Å². The van der Waals surface area contributed by atoms with Crippen LogP contribution in [0.5, 0.6) is 0 Å². The molecule has 1 saturated heterocycles. The van der Waals surface area contributed by atoms with Crippen molar-refractivity contribution >= 4 is 17.9 Å². The van der Waals surface area contributed by atoms with E-state index in [1.165, 1.54) is 6.08 Å². The molecule has 1 fully saturated rings. The third-order valence-electron chi connectivity index (χ3n) is 4.02. The predicted octanol–water partition coefficient (Wildman–Crippen LogP) is 2.67. The fraction of sp³-hybridized carbons (Fsp3) is 0.389. The monoisotopic (exact) mass is 310 g/mol. The molecule has 0 aliphatic carbocycles. The van der Waals surface area contributed by atoms with Crippen LogP contribution >= 0.6 is 0 Å². The van der Waals surface area contributed by atoms with Crippen LogP contribution < -0.4 is 0 Å². The van der Waals surface area contributed by atoms with E-state index >= 15 is 0 Å². The van der Waals surface area contributed by atoms with Crippen LogP contribution in [0.4, 0.5) is 5.69 Å². The lowest BCUT2D eigenvalue weighted by Gasteiger charge is -2.31. The Balaban J connectivity index is 2.12. The van der Waals surface area contributed by atoms with Crippen LogP contribution in [0.25, 0.3) is 0 Å². The number of aliphatic imine (C=N–C) groups is 1. The summed E-state index contributed by atoms with van der Waals surface area (Å²) in [5.41, 5.74) is 2.42. The van der Waals surface area contributed by atoms with Gasteiger partial charge in [-0.1, -0.05) is 12.6 Å². The number of carbonyl (C=O) groups excluding carboxylic acids is 1. The maximum absolute atomic E-state index is 11.6. The Hall–Kier alpha value is -2.61. The third-order valence-corrected chi connectivity index (χ3v) is 4.02. The van der Waals surface area contributed by atoms with Crippen molar-refractivity contribution in [3.63, 3.8) is 0 Å². The molecule has 0 unspecified atom stereocenters. The number of hydrogen-bond acceptors (Lipinski definition) is 3. The maximum atomic E-state index is 11.6. The Morgan fingerprint density at radius 3 is 2.70 bits per heavy atom. The van der Waals surface area contributed by atoms with Gasteiger partial charge in [-0.25, -0.2) is 4.99 Å². The summed E-state index contributed by atoms with van der Waals surface area (Å²) in [7, 11) is 3.78. The van der Waals surface area contributed by atoms with E-state index in [-0.39, 0.29) is 5.91 Å². The van der Waals surface area contributed by atoms with Crippen LogP contribution in [0.2, 0.25) is 0 Å². The molecule has 0 N–H and O–H groups in total. The van der Waals surface area contributed by atoms with Gasteiger partial charge in [-0.3, -0.25) is 4.79 Å². The van der Waals surface area contributed by atoms with Gasteiger partial charge in [0.15, 0.2) is 0 Å². The molecule has 5 nitrogen and oxygen atoms in total. The van der Waals surface area contributed by atoms with Crippen LogP contribution in [0.15, 0.2) is 35.8 Å². The summed E-state index contributed by atoms with van der Waals surface area (Å²) in [6.45, 7) is 5.00. The van der Waals surface area contributed by atoms with Crippen LogP contribution in [-0.2, 0) is 4.79 Å². The number of amides is 1. The second-order valence-corrected chi connectivity index (χ2v) is 5.90. The number of nitriles is 1. The predicted molar refractivity (Wildman–Crippen MR) is 91.7 cm³/mol. The summed E-state index contributed by atoms with van der Waals surface area (Å²) >= 11 is 0. The number of carbonyl (C=O) groups is 1. The Morgan fingerprint density at radius 1 is 1.43 bits per heavy atom. The Morgan fingerprint density at radius 2 is 2.13 bits per heavy atom. The van der Waals surface area contributed by atoms with Crippen molar-refractivity contribution in [1.82, 2.24) is 9.80 Å². The summed E-state index contributed by atoms with van der Waals surface area (Å²) < 4.78 is 0. The van der Waals surface area contributed by atoms with Gasteiger partial charge in [-0.05, 0) is 42.5 Å². The molecule has 1 aliphatic heterocycles. The minimum atomic E-state index is -0.00506. The largest absolute Gasteiger partial charge is 0.369 e. The highest BCUT2D eigenvalue weighted by Crippen LogP contribution is 2.31. The zero-order valence-electron chi connectivity index (χ0n) is 13.7. The van der Waals surface area contributed by atoms with Crippen molar-refractivity contribution in [3.05, 3.63) is 42.0 Å². The van der Waals surface area contributed by atoms with Crippen molar-refractivity contribution in [2.75, 3.05) is 27.2 Å². The van der Waals surface area contributed by atoms with Crippen molar-refractivity contribution in [2.24, 2.45) is 4.99 Å². The molecule has 23 heavy (non-hydrogen) atoms. The molecule has 0 atom stereocenters. The molecule has 1 aliphatic rings. The number of benzene rings is 1. The van der Waals surface area contributed by atoms with Crippen LogP contribution in [0.3, 0.4) is 0 Å². The van der Waals surface area contributed by atoms with E-state index in [1.807, 2.05) is 42.1 Å². The number of hydrogen-bond donors (Lipinski definition) is 0. The van der Waals surface area contributed by atoms with Crippen LogP contribution in [0, 0.1) is 11.3 Å². The Labute approximate surface area is 137 Å². The number of likely N-dealkylation sites (tertiary alicyclic amines) is 1. The van der Waals surface area contributed by atoms with E-state index < -0.39 is 0 Å². The lowest BCUT2D eigenvalue weighted by atomic mass is 9.88. The number of nitrogens with zero attached hydrogens (tertiary/aromatic N) is 4. The van der Waals surface area contributed by atoms with E-state index in [0.717, 1.165) is 31.5 Å². The molecule has 0 aromatic heterocycles. The van der Waals surface area contributed by atoms with Crippen molar-refractivity contribution < 1.29 is 4.79 Å². The standard InChI is InChI=1S/C18H22N4O/c1-4-18(23)22-9-7-14(8-10-22)15-5-6-17(16(11-15)12-19)20-13-21(2)3/h4-6,11,13-14H,1,7-10H2,2-3H3/b20-13+. The third kappa shape index (κ3) is 4.19. The van der Waals surface area contributed by atoms with Gasteiger partial charge in [0.05, 0.1) is 17.6 Å². The summed E-state index contributed by atoms with van der Waals surface area (Å²) in [5.74, 6) is 0.373. The summed E-state index contributed by atoms with van der Waals surface area (Å²) in [6, 6.07) is 8.09. The fourth-order valence-electron chi connectivity index (χ4n) is 2.75. The Kier molecular flexibility index (Phi) is 5.53. The van der Waals surface area contributed by atoms with E-state index in [9.17, 15) is 10.1 Å². The molecule has 0 saturated carbocycles. The molecule has 2 rings (SSSR count). The van der Waals surface area contributed by atoms with E-state index in [2.05, 4.69) is 17.6 Å². The molecule has 120 valence electrons. The average molecular weight is 310 g/mol. The van der Waals surface area contributed by atoms with Gasteiger partial charge >= 0.3 is 0 Å². The van der Waals surface area contributed by atoms with Gasteiger partial charge in [0, 0.05) is 27.2 Å². The zero-order valence-corrected chi connectivity index (χ0v) is 13.7. The highest BCUT2D eigenvalue weighted by molar-refractivity contribution is 5.87. The first-order valence-corrected chi connectivity index (χ1v) is 7.71. The van der Waals surface area contributed by atoms with Crippen LogP contribution in [-0.4, -0.2) is 49.2 Å². The molecule has 1 aromatic rings. The zero-order chi connectivity index (χ0) is 16.8. The molecule has 0 spiro atoms. The Bertz CT molecular complexity index is 649. The minimum Gasteiger partial charge on any atom is -0.369 e. The van der Waals surface area contributed by atoms with E-state index in [4.69, 9.17) is 0 Å².